The number of aliphatic hydroxyl groups excluding tert-OH is 1. The van der Waals surface area contributed by atoms with Crippen LogP contribution in [0.15, 0.2) is 11.6 Å². The zero-order valence-corrected chi connectivity index (χ0v) is 12.8. The van der Waals surface area contributed by atoms with Gasteiger partial charge in [-0.25, -0.2) is 0 Å². The lowest BCUT2D eigenvalue weighted by atomic mass is 9.92. The third-order valence-electron chi connectivity index (χ3n) is 3.66. The van der Waals surface area contributed by atoms with Crippen molar-refractivity contribution in [3.63, 3.8) is 0 Å². The second-order valence-electron chi connectivity index (χ2n) is 4.83. The van der Waals surface area contributed by atoms with Crippen LogP contribution in [0, 0.1) is 20.8 Å². The first kappa shape index (κ1) is 15.6. The number of ether oxygens (including phenoxy) is 2. The Morgan fingerprint density at radius 2 is 1.53 bits per heavy atom. The van der Waals surface area contributed by atoms with Crippen LogP contribution in [-0.2, 0) is 6.42 Å². The van der Waals surface area contributed by atoms with Crippen LogP contribution in [0.4, 0.5) is 0 Å². The lowest BCUT2D eigenvalue weighted by Crippen LogP contribution is -2.04. The molecule has 3 heteroatoms. The Morgan fingerprint density at radius 1 is 1.00 bits per heavy atom. The summed E-state index contributed by atoms with van der Waals surface area (Å²) in [5.74, 6) is 1.61. The molecule has 1 rings (SSSR count). The van der Waals surface area contributed by atoms with E-state index in [0.29, 0.717) is 0 Å². The van der Waals surface area contributed by atoms with Crippen molar-refractivity contribution in [1.29, 1.82) is 0 Å². The van der Waals surface area contributed by atoms with Crippen molar-refractivity contribution < 1.29 is 14.6 Å². The zero-order valence-electron chi connectivity index (χ0n) is 12.8. The first-order chi connectivity index (χ1) is 8.97. The Bertz CT molecular complexity index is 488. The highest BCUT2D eigenvalue weighted by Gasteiger charge is 2.18. The summed E-state index contributed by atoms with van der Waals surface area (Å²) < 4.78 is 10.9. The maximum absolute atomic E-state index is 8.97. The molecule has 0 fully saturated rings. The van der Waals surface area contributed by atoms with E-state index in [9.17, 15) is 0 Å². The molecule has 1 N–H and O–H groups in total. The highest BCUT2D eigenvalue weighted by Crippen LogP contribution is 2.39. The average Bonchev–Trinajstić information content (AvgIpc) is 2.38. The van der Waals surface area contributed by atoms with Crippen LogP contribution >= 0.6 is 0 Å². The Morgan fingerprint density at radius 3 is 2.00 bits per heavy atom. The molecule has 0 aliphatic carbocycles. The maximum Gasteiger partial charge on any atom is 0.164 e. The highest BCUT2D eigenvalue weighted by atomic mass is 16.5. The summed E-state index contributed by atoms with van der Waals surface area (Å²) in [6.45, 7) is 8.31. The second-order valence-corrected chi connectivity index (χ2v) is 4.83. The number of hydrogen-bond donors (Lipinski definition) is 1. The Balaban J connectivity index is 3.41. The summed E-state index contributed by atoms with van der Waals surface area (Å²) >= 11 is 0. The number of hydrogen-bond acceptors (Lipinski definition) is 3. The van der Waals surface area contributed by atoms with Gasteiger partial charge in [0.1, 0.15) is 0 Å². The molecule has 3 nitrogen and oxygen atoms in total. The Labute approximate surface area is 115 Å². The molecule has 0 bridgehead atoms. The predicted molar refractivity (Wildman–Crippen MR) is 78.3 cm³/mol. The van der Waals surface area contributed by atoms with Crippen molar-refractivity contribution in [2.24, 2.45) is 0 Å². The number of methoxy groups -OCH3 is 2. The molecule has 106 valence electrons. The minimum Gasteiger partial charge on any atom is -0.493 e. The number of benzene rings is 1. The largest absolute Gasteiger partial charge is 0.493 e. The molecule has 0 spiro atoms. The third-order valence-corrected chi connectivity index (χ3v) is 3.66. The fourth-order valence-corrected chi connectivity index (χ4v) is 2.42. The molecule has 0 radical (unpaired) electrons. The molecular weight excluding hydrogens is 240 g/mol. The van der Waals surface area contributed by atoms with E-state index in [1.807, 2.05) is 19.9 Å². The lowest BCUT2D eigenvalue weighted by Gasteiger charge is -2.20. The van der Waals surface area contributed by atoms with Gasteiger partial charge in [-0.2, -0.15) is 0 Å². The van der Waals surface area contributed by atoms with Crippen LogP contribution in [0.2, 0.25) is 0 Å². The predicted octanol–water partition coefficient (Wildman–Crippen LogP) is 3.11. The molecule has 1 aromatic carbocycles. The molecule has 19 heavy (non-hydrogen) atoms. The van der Waals surface area contributed by atoms with E-state index in [-0.39, 0.29) is 6.61 Å². The van der Waals surface area contributed by atoms with Crippen LogP contribution in [0.25, 0.3) is 0 Å². The molecule has 0 atom stereocenters. The number of allylic oxidation sites excluding steroid dienone is 1. The number of rotatable bonds is 5. The Hall–Kier alpha value is -1.48. The molecule has 0 saturated heterocycles. The van der Waals surface area contributed by atoms with Crippen LogP contribution in [0.5, 0.6) is 11.5 Å². The fourth-order valence-electron chi connectivity index (χ4n) is 2.42. The van der Waals surface area contributed by atoms with Gasteiger partial charge >= 0.3 is 0 Å². The number of aliphatic hydroxyl groups is 1. The average molecular weight is 264 g/mol. The minimum absolute atomic E-state index is 0.0796. The van der Waals surface area contributed by atoms with E-state index in [4.69, 9.17) is 14.6 Å². The fraction of sp³-hybridized carbons (Fsp3) is 0.500. The first-order valence-electron chi connectivity index (χ1n) is 6.45. The van der Waals surface area contributed by atoms with Gasteiger partial charge in [0, 0.05) is 0 Å². The quantitative estimate of drug-likeness (QED) is 0.830. The summed E-state index contributed by atoms with van der Waals surface area (Å²) in [5.41, 5.74) is 5.84. The van der Waals surface area contributed by atoms with Gasteiger partial charge in [0.2, 0.25) is 0 Å². The van der Waals surface area contributed by atoms with E-state index >= 15 is 0 Å². The topological polar surface area (TPSA) is 38.7 Å². The van der Waals surface area contributed by atoms with Crippen LogP contribution in [0.3, 0.4) is 0 Å². The van der Waals surface area contributed by atoms with Crippen LogP contribution in [0.1, 0.15) is 29.2 Å². The molecule has 0 amide bonds. The van der Waals surface area contributed by atoms with E-state index < -0.39 is 0 Å². The van der Waals surface area contributed by atoms with Crippen molar-refractivity contribution in [2.45, 2.75) is 34.1 Å². The van der Waals surface area contributed by atoms with Gasteiger partial charge in [0.25, 0.3) is 0 Å². The smallest absolute Gasteiger partial charge is 0.164 e. The highest BCUT2D eigenvalue weighted by molar-refractivity contribution is 5.59. The summed E-state index contributed by atoms with van der Waals surface area (Å²) in [4.78, 5) is 0. The molecular formula is C16H24O3. The van der Waals surface area contributed by atoms with Crippen molar-refractivity contribution in [2.75, 3.05) is 20.8 Å². The third kappa shape index (κ3) is 3.10. The van der Waals surface area contributed by atoms with Crippen molar-refractivity contribution in [3.8, 4) is 11.5 Å². The van der Waals surface area contributed by atoms with E-state index in [1.165, 1.54) is 11.1 Å². The summed E-state index contributed by atoms with van der Waals surface area (Å²) in [6.07, 6.45) is 2.66. The zero-order chi connectivity index (χ0) is 14.6. The lowest BCUT2D eigenvalue weighted by molar-refractivity contribution is 0.341. The van der Waals surface area contributed by atoms with Crippen LogP contribution < -0.4 is 9.47 Å². The summed E-state index contributed by atoms with van der Waals surface area (Å²) in [5, 5.41) is 8.97. The SMILES string of the molecule is COc1c(C)c(C)c(C/C(C)=C/CO)c(C)c1OC. The Kier molecular flexibility index (Phi) is 5.43. The van der Waals surface area contributed by atoms with Crippen LogP contribution in [-0.4, -0.2) is 25.9 Å². The standard InChI is InChI=1S/C16H24O3/c1-10(7-8-17)9-14-11(2)12(3)15(18-5)16(19-6)13(14)4/h7,17H,8-9H2,1-6H3/b10-7+. The molecule has 0 saturated carbocycles. The van der Waals surface area contributed by atoms with Gasteiger partial charge in [-0.1, -0.05) is 11.6 Å². The summed E-state index contributed by atoms with van der Waals surface area (Å²) in [6, 6.07) is 0. The molecule has 0 unspecified atom stereocenters. The van der Waals surface area contributed by atoms with Crippen molar-refractivity contribution in [1.82, 2.24) is 0 Å². The van der Waals surface area contributed by atoms with Gasteiger partial charge in [-0.3, -0.25) is 0 Å². The van der Waals surface area contributed by atoms with Gasteiger partial charge in [-0.05, 0) is 56.4 Å². The van der Waals surface area contributed by atoms with E-state index in [0.717, 1.165) is 34.6 Å². The van der Waals surface area contributed by atoms with E-state index in [1.54, 1.807) is 14.2 Å². The minimum atomic E-state index is 0.0796. The van der Waals surface area contributed by atoms with Crippen molar-refractivity contribution >= 4 is 0 Å². The molecule has 0 aliphatic heterocycles. The van der Waals surface area contributed by atoms with E-state index in [2.05, 4.69) is 13.8 Å². The monoisotopic (exact) mass is 264 g/mol. The molecule has 1 aromatic rings. The second kappa shape index (κ2) is 6.62. The van der Waals surface area contributed by atoms with Gasteiger partial charge < -0.3 is 14.6 Å². The van der Waals surface area contributed by atoms with Gasteiger partial charge in [0.15, 0.2) is 11.5 Å². The summed E-state index contributed by atoms with van der Waals surface area (Å²) in [7, 11) is 3.33. The maximum atomic E-state index is 8.97. The van der Waals surface area contributed by atoms with Gasteiger partial charge in [-0.15, -0.1) is 0 Å². The normalized spacial score (nSPS) is 11.6. The van der Waals surface area contributed by atoms with Crippen molar-refractivity contribution in [3.05, 3.63) is 33.9 Å². The molecule has 0 heterocycles. The van der Waals surface area contributed by atoms with Gasteiger partial charge in [0.05, 0.1) is 20.8 Å². The molecule has 0 aromatic heterocycles. The first-order valence-corrected chi connectivity index (χ1v) is 6.45. The molecule has 0 aliphatic rings.